The van der Waals surface area contributed by atoms with Crippen molar-refractivity contribution in [2.45, 2.75) is 66.7 Å². The molecule has 0 atom stereocenters. The normalized spacial score (nSPS) is 13.9. The minimum Gasteiger partial charge on any atom is -0.348 e. The van der Waals surface area contributed by atoms with E-state index in [0.29, 0.717) is 24.8 Å². The van der Waals surface area contributed by atoms with Crippen LogP contribution in [-0.4, -0.2) is 21.2 Å². The van der Waals surface area contributed by atoms with Gasteiger partial charge in [-0.25, -0.2) is 8.78 Å². The quantitative estimate of drug-likeness (QED) is 0.401. The second-order valence-electron chi connectivity index (χ2n) is 10.1. The van der Waals surface area contributed by atoms with Gasteiger partial charge >= 0.3 is 0 Å². The van der Waals surface area contributed by atoms with Crippen LogP contribution in [0, 0.1) is 36.4 Å². The highest BCUT2D eigenvalue weighted by Gasteiger charge is 2.22. The fourth-order valence-corrected chi connectivity index (χ4v) is 4.42. The van der Waals surface area contributed by atoms with Crippen LogP contribution >= 0.6 is 0 Å². The Kier molecular flexibility index (Phi) is 7.82. The van der Waals surface area contributed by atoms with E-state index in [2.05, 4.69) is 50.3 Å². The Labute approximate surface area is 202 Å². The lowest BCUT2D eigenvalue weighted by molar-refractivity contribution is 0.404. The molecule has 0 unspecified atom stereocenters. The third-order valence-corrected chi connectivity index (χ3v) is 6.09. The van der Waals surface area contributed by atoms with Crippen LogP contribution in [0.2, 0.25) is 0 Å². The first-order chi connectivity index (χ1) is 16.1. The molecule has 0 fully saturated rings. The smallest absolute Gasteiger partial charge is 0.162 e. The molecule has 0 bridgehead atoms. The standard InChI is InChI=1S/C29H35F2N3/c1-8-17-33-19-22(14-13-20(33)3)24-15-16-26(30)28(31)25(24)12-10-11-23-21(4)34(9-2)32-27(23)18-29(5,6)7/h2,13-16,19H,3,8,10-12,17-18H2,1,4-7H3. The summed E-state index contributed by atoms with van der Waals surface area (Å²) in [5, 5.41) is 4.61. The van der Waals surface area contributed by atoms with Crippen molar-refractivity contribution in [2.24, 2.45) is 5.41 Å². The minimum atomic E-state index is -0.821. The molecule has 0 saturated carbocycles. The SMILES string of the molecule is C#Cn1nc(CC(C)(C)C)c(CCCc2c(C3=CN(CCC)C(=C)C=C3)ccc(F)c2F)c1C. The molecular formula is C29H35F2N3. The van der Waals surface area contributed by atoms with E-state index >= 15 is 4.39 Å². The van der Waals surface area contributed by atoms with E-state index in [1.807, 2.05) is 25.3 Å². The molecule has 0 N–H and O–H groups in total. The molecule has 0 aliphatic carbocycles. The lowest BCUT2D eigenvalue weighted by Gasteiger charge is -2.25. The number of benzene rings is 1. The van der Waals surface area contributed by atoms with Gasteiger partial charge in [-0.1, -0.05) is 52.8 Å². The first-order valence-electron chi connectivity index (χ1n) is 11.9. The first-order valence-corrected chi connectivity index (χ1v) is 11.9. The third-order valence-electron chi connectivity index (χ3n) is 6.09. The summed E-state index contributed by atoms with van der Waals surface area (Å²) in [6, 6.07) is 5.49. The molecule has 1 aliphatic heterocycles. The zero-order valence-corrected chi connectivity index (χ0v) is 21.0. The van der Waals surface area contributed by atoms with E-state index in [-0.39, 0.29) is 5.41 Å². The van der Waals surface area contributed by atoms with Crippen molar-refractivity contribution in [1.82, 2.24) is 14.7 Å². The van der Waals surface area contributed by atoms with Crippen LogP contribution in [0.5, 0.6) is 0 Å². The van der Waals surface area contributed by atoms with Crippen LogP contribution in [-0.2, 0) is 19.3 Å². The Hall–Kier alpha value is -3.13. The fourth-order valence-electron chi connectivity index (χ4n) is 4.42. The van der Waals surface area contributed by atoms with Crippen molar-refractivity contribution < 1.29 is 8.78 Å². The van der Waals surface area contributed by atoms with E-state index in [1.165, 1.54) is 6.07 Å². The van der Waals surface area contributed by atoms with Crippen LogP contribution in [0.4, 0.5) is 8.78 Å². The molecule has 0 spiro atoms. The molecule has 2 heterocycles. The fraction of sp³-hybridized carbons (Fsp3) is 0.414. The van der Waals surface area contributed by atoms with Crippen molar-refractivity contribution in [3.05, 3.63) is 82.5 Å². The molecule has 5 heteroatoms. The van der Waals surface area contributed by atoms with E-state index < -0.39 is 11.6 Å². The molecule has 0 radical (unpaired) electrons. The molecule has 1 aliphatic rings. The largest absolute Gasteiger partial charge is 0.348 e. The average molecular weight is 464 g/mol. The van der Waals surface area contributed by atoms with Gasteiger partial charge in [0.15, 0.2) is 11.6 Å². The van der Waals surface area contributed by atoms with Gasteiger partial charge in [-0.3, -0.25) is 0 Å². The maximum atomic E-state index is 15.0. The molecule has 3 nitrogen and oxygen atoms in total. The van der Waals surface area contributed by atoms with Gasteiger partial charge in [-0.15, -0.1) is 0 Å². The molecule has 34 heavy (non-hydrogen) atoms. The van der Waals surface area contributed by atoms with Crippen LogP contribution in [0.15, 0.2) is 42.8 Å². The Bertz CT molecular complexity index is 1170. The number of nitrogens with zero attached hydrogens (tertiary/aromatic N) is 3. The van der Waals surface area contributed by atoms with Gasteiger partial charge in [0.25, 0.3) is 0 Å². The number of halogens is 2. The number of rotatable bonds is 8. The predicted molar refractivity (Wildman–Crippen MR) is 136 cm³/mol. The van der Waals surface area contributed by atoms with Crippen LogP contribution in [0.25, 0.3) is 5.57 Å². The van der Waals surface area contributed by atoms with Gasteiger partial charge in [-0.05, 0) is 78.8 Å². The number of terminal acetylenes is 1. The van der Waals surface area contributed by atoms with Gasteiger partial charge in [0, 0.05) is 24.5 Å². The van der Waals surface area contributed by atoms with Crippen molar-refractivity contribution in [1.29, 1.82) is 0 Å². The number of hydrogen-bond acceptors (Lipinski definition) is 2. The maximum absolute atomic E-state index is 15.0. The monoisotopic (exact) mass is 463 g/mol. The maximum Gasteiger partial charge on any atom is 0.162 e. The average Bonchev–Trinajstić information content (AvgIpc) is 3.06. The molecule has 2 aromatic rings. The third kappa shape index (κ3) is 5.67. The Morgan fingerprint density at radius 2 is 1.82 bits per heavy atom. The Balaban J connectivity index is 1.88. The van der Waals surface area contributed by atoms with Gasteiger partial charge in [0.2, 0.25) is 0 Å². The summed E-state index contributed by atoms with van der Waals surface area (Å²) in [4.78, 5) is 2.05. The minimum absolute atomic E-state index is 0.0605. The van der Waals surface area contributed by atoms with Crippen LogP contribution < -0.4 is 0 Å². The molecule has 0 amide bonds. The Morgan fingerprint density at radius 3 is 2.47 bits per heavy atom. The first kappa shape index (κ1) is 25.5. The molecular weight excluding hydrogens is 428 g/mol. The second-order valence-corrected chi connectivity index (χ2v) is 10.1. The molecule has 1 aromatic carbocycles. The highest BCUT2D eigenvalue weighted by Crippen LogP contribution is 2.31. The van der Waals surface area contributed by atoms with Crippen molar-refractivity contribution in [3.63, 3.8) is 0 Å². The number of allylic oxidation sites excluding steroid dienone is 3. The number of aromatic nitrogens is 2. The summed E-state index contributed by atoms with van der Waals surface area (Å²) in [6.07, 6.45) is 15.0. The van der Waals surface area contributed by atoms with Gasteiger partial charge in [-0.2, -0.15) is 9.78 Å². The van der Waals surface area contributed by atoms with Gasteiger partial charge in [0.1, 0.15) is 0 Å². The summed E-state index contributed by atoms with van der Waals surface area (Å²) in [7, 11) is 0. The zero-order chi connectivity index (χ0) is 25.0. The highest BCUT2D eigenvalue weighted by atomic mass is 19.2. The molecule has 3 rings (SSSR count). The zero-order valence-electron chi connectivity index (χ0n) is 21.0. The number of hydrogen-bond donors (Lipinski definition) is 0. The van der Waals surface area contributed by atoms with E-state index in [0.717, 1.165) is 53.2 Å². The summed E-state index contributed by atoms with van der Waals surface area (Å²) >= 11 is 0. The van der Waals surface area contributed by atoms with Gasteiger partial charge < -0.3 is 4.90 Å². The molecule has 180 valence electrons. The van der Waals surface area contributed by atoms with Crippen LogP contribution in [0.3, 0.4) is 0 Å². The molecule has 1 aromatic heterocycles. The summed E-state index contributed by atoms with van der Waals surface area (Å²) < 4.78 is 30.8. The molecule has 0 saturated heterocycles. The topological polar surface area (TPSA) is 21.1 Å². The lowest BCUT2D eigenvalue weighted by Crippen LogP contribution is -2.18. The van der Waals surface area contributed by atoms with E-state index in [4.69, 9.17) is 6.42 Å². The lowest BCUT2D eigenvalue weighted by atomic mass is 9.88. The van der Waals surface area contributed by atoms with Crippen molar-refractivity contribution >= 4 is 5.57 Å². The van der Waals surface area contributed by atoms with Gasteiger partial charge in [0.05, 0.1) is 11.4 Å². The van der Waals surface area contributed by atoms with Crippen LogP contribution in [0.1, 0.15) is 68.6 Å². The Morgan fingerprint density at radius 1 is 1.12 bits per heavy atom. The summed E-state index contributed by atoms with van der Waals surface area (Å²) in [6.45, 7) is 15.4. The van der Waals surface area contributed by atoms with Crippen molar-refractivity contribution in [2.75, 3.05) is 6.54 Å². The van der Waals surface area contributed by atoms with Crippen molar-refractivity contribution in [3.8, 4) is 12.5 Å². The highest BCUT2D eigenvalue weighted by molar-refractivity contribution is 5.78. The summed E-state index contributed by atoms with van der Waals surface area (Å²) in [5.74, 6) is -1.59. The second kappa shape index (κ2) is 10.4. The summed E-state index contributed by atoms with van der Waals surface area (Å²) in [5.41, 5.74) is 5.96. The predicted octanol–water partition coefficient (Wildman–Crippen LogP) is 6.81. The van der Waals surface area contributed by atoms with E-state index in [9.17, 15) is 4.39 Å². The van der Waals surface area contributed by atoms with E-state index in [1.54, 1.807) is 10.7 Å².